The van der Waals surface area contributed by atoms with Gasteiger partial charge in [-0.25, -0.2) is 0 Å². The average Bonchev–Trinajstić information content (AvgIpc) is 2.34. The van der Waals surface area contributed by atoms with E-state index in [9.17, 15) is 0 Å². The molecule has 2 N–H and O–H groups in total. The monoisotopic (exact) mass is 313 g/mol. The number of hydrogen-bond acceptors (Lipinski definition) is 3. The Balaban J connectivity index is 2.37. The summed E-state index contributed by atoms with van der Waals surface area (Å²) >= 11 is 3.55. The van der Waals surface area contributed by atoms with Gasteiger partial charge in [-0.3, -0.25) is 0 Å². The van der Waals surface area contributed by atoms with Gasteiger partial charge in [-0.05, 0) is 45.7 Å². The normalized spacial score (nSPS) is 13.3. The van der Waals surface area contributed by atoms with Gasteiger partial charge in [0.15, 0.2) is 0 Å². The number of hydrogen-bond donors (Lipinski definition) is 1. The Morgan fingerprint density at radius 1 is 1.11 bits per heavy atom. The van der Waals surface area contributed by atoms with Crippen molar-refractivity contribution in [3.05, 3.63) is 34.3 Å². The number of nitrogens with zero attached hydrogens (tertiary/aromatic N) is 2. The fraction of sp³-hybridized carbons (Fsp3) is 0.571. The highest BCUT2D eigenvalue weighted by atomic mass is 79.9. The Kier molecular flexibility index (Phi) is 6.86. The zero-order valence-electron chi connectivity index (χ0n) is 11.6. The fourth-order valence-electron chi connectivity index (χ4n) is 1.77. The van der Waals surface area contributed by atoms with Gasteiger partial charge in [-0.15, -0.1) is 0 Å². The maximum atomic E-state index is 6.23. The summed E-state index contributed by atoms with van der Waals surface area (Å²) in [6.07, 6.45) is 0.979. The van der Waals surface area contributed by atoms with Gasteiger partial charge in [0, 0.05) is 23.6 Å². The van der Waals surface area contributed by atoms with Gasteiger partial charge in [0.25, 0.3) is 0 Å². The second-order valence-electron chi connectivity index (χ2n) is 5.02. The van der Waals surface area contributed by atoms with Crippen LogP contribution in [0.3, 0.4) is 0 Å². The molecular formula is C14H24BrN3. The average molecular weight is 314 g/mol. The van der Waals surface area contributed by atoms with E-state index >= 15 is 0 Å². The summed E-state index contributed by atoms with van der Waals surface area (Å²) in [6.45, 7) is 3.19. The van der Waals surface area contributed by atoms with Gasteiger partial charge in [0.1, 0.15) is 0 Å². The van der Waals surface area contributed by atoms with Gasteiger partial charge < -0.3 is 15.5 Å². The molecule has 0 aliphatic heterocycles. The topological polar surface area (TPSA) is 32.5 Å². The molecule has 1 atom stereocenters. The molecular weight excluding hydrogens is 290 g/mol. The number of benzene rings is 1. The van der Waals surface area contributed by atoms with Crippen LogP contribution >= 0.6 is 15.9 Å². The minimum Gasteiger partial charge on any atom is -0.324 e. The standard InChI is InChI=1S/C14H24BrN3/c1-17(2)10-11-18(3)9-8-14(16)12-6-4-5-7-13(12)15/h4-7,14H,8-11,16H2,1-3H3. The molecule has 18 heavy (non-hydrogen) atoms. The van der Waals surface area contributed by atoms with Crippen LogP contribution in [0.2, 0.25) is 0 Å². The SMILES string of the molecule is CN(C)CCN(C)CCC(N)c1ccccc1Br. The molecule has 1 aromatic carbocycles. The summed E-state index contributed by atoms with van der Waals surface area (Å²) in [5, 5.41) is 0. The lowest BCUT2D eigenvalue weighted by molar-refractivity contribution is 0.274. The smallest absolute Gasteiger partial charge is 0.0318 e. The van der Waals surface area contributed by atoms with E-state index < -0.39 is 0 Å². The first-order valence-corrected chi connectivity index (χ1v) is 7.13. The Hall–Kier alpha value is -0.420. The molecule has 0 saturated carbocycles. The van der Waals surface area contributed by atoms with Crippen LogP contribution in [0.4, 0.5) is 0 Å². The highest BCUT2D eigenvalue weighted by Crippen LogP contribution is 2.23. The largest absolute Gasteiger partial charge is 0.324 e. The predicted molar refractivity (Wildman–Crippen MR) is 81.7 cm³/mol. The minimum atomic E-state index is 0.0994. The van der Waals surface area contributed by atoms with Crippen molar-refractivity contribution in [3.63, 3.8) is 0 Å². The Labute approximate surface area is 119 Å². The summed E-state index contributed by atoms with van der Waals surface area (Å²) in [6, 6.07) is 8.29. The molecule has 102 valence electrons. The Morgan fingerprint density at radius 2 is 1.78 bits per heavy atom. The van der Waals surface area contributed by atoms with Crippen molar-refractivity contribution in [2.75, 3.05) is 40.8 Å². The Morgan fingerprint density at radius 3 is 2.39 bits per heavy atom. The maximum absolute atomic E-state index is 6.23. The van der Waals surface area contributed by atoms with Crippen LogP contribution in [0, 0.1) is 0 Å². The third-order valence-corrected chi connectivity index (χ3v) is 3.78. The molecule has 0 fully saturated rings. The zero-order chi connectivity index (χ0) is 13.5. The Bertz CT molecular complexity index is 355. The van der Waals surface area contributed by atoms with Gasteiger partial charge in [0.2, 0.25) is 0 Å². The molecule has 0 heterocycles. The molecule has 0 bridgehead atoms. The van der Waals surface area contributed by atoms with Crippen LogP contribution in [0.5, 0.6) is 0 Å². The molecule has 4 heteroatoms. The van der Waals surface area contributed by atoms with E-state index in [-0.39, 0.29) is 6.04 Å². The van der Waals surface area contributed by atoms with E-state index in [4.69, 9.17) is 5.73 Å². The van der Waals surface area contributed by atoms with Crippen molar-refractivity contribution in [3.8, 4) is 0 Å². The van der Waals surface area contributed by atoms with Crippen molar-refractivity contribution < 1.29 is 0 Å². The molecule has 0 spiro atoms. The molecule has 1 unspecified atom stereocenters. The van der Waals surface area contributed by atoms with Crippen LogP contribution in [-0.4, -0.2) is 50.6 Å². The lowest BCUT2D eigenvalue weighted by Crippen LogP contribution is -2.30. The number of halogens is 1. The summed E-state index contributed by atoms with van der Waals surface area (Å²) in [5.74, 6) is 0. The second-order valence-corrected chi connectivity index (χ2v) is 5.88. The lowest BCUT2D eigenvalue weighted by atomic mass is 10.0. The van der Waals surface area contributed by atoms with Crippen LogP contribution in [0.25, 0.3) is 0 Å². The molecule has 0 saturated heterocycles. The van der Waals surface area contributed by atoms with Crippen LogP contribution in [0.15, 0.2) is 28.7 Å². The van der Waals surface area contributed by atoms with Crippen molar-refractivity contribution >= 4 is 15.9 Å². The molecule has 1 aromatic rings. The van der Waals surface area contributed by atoms with E-state index in [0.29, 0.717) is 0 Å². The first-order valence-electron chi connectivity index (χ1n) is 6.34. The summed E-state index contributed by atoms with van der Waals surface area (Å²) in [7, 11) is 6.34. The fourth-order valence-corrected chi connectivity index (χ4v) is 2.35. The van der Waals surface area contributed by atoms with E-state index in [2.05, 4.69) is 52.9 Å². The second kappa shape index (κ2) is 7.89. The van der Waals surface area contributed by atoms with Crippen molar-refractivity contribution in [1.29, 1.82) is 0 Å². The third kappa shape index (κ3) is 5.48. The van der Waals surface area contributed by atoms with Gasteiger partial charge in [0.05, 0.1) is 0 Å². The molecule has 0 aromatic heterocycles. The summed E-state index contributed by atoms with van der Waals surface area (Å²) < 4.78 is 1.11. The minimum absolute atomic E-state index is 0.0994. The highest BCUT2D eigenvalue weighted by molar-refractivity contribution is 9.10. The maximum Gasteiger partial charge on any atom is 0.0318 e. The molecule has 0 aliphatic rings. The first kappa shape index (κ1) is 15.6. The van der Waals surface area contributed by atoms with E-state index in [1.54, 1.807) is 0 Å². The van der Waals surface area contributed by atoms with E-state index in [0.717, 1.165) is 30.5 Å². The van der Waals surface area contributed by atoms with E-state index in [1.807, 2.05) is 18.2 Å². The highest BCUT2D eigenvalue weighted by Gasteiger charge is 2.10. The van der Waals surface area contributed by atoms with Crippen LogP contribution in [0.1, 0.15) is 18.0 Å². The lowest BCUT2D eigenvalue weighted by Gasteiger charge is -2.21. The van der Waals surface area contributed by atoms with Gasteiger partial charge in [-0.1, -0.05) is 34.1 Å². The first-order chi connectivity index (χ1) is 8.50. The molecule has 1 rings (SSSR count). The van der Waals surface area contributed by atoms with Crippen molar-refractivity contribution in [2.24, 2.45) is 5.73 Å². The van der Waals surface area contributed by atoms with Gasteiger partial charge in [-0.2, -0.15) is 0 Å². The van der Waals surface area contributed by atoms with Crippen LogP contribution in [-0.2, 0) is 0 Å². The van der Waals surface area contributed by atoms with Crippen molar-refractivity contribution in [1.82, 2.24) is 9.80 Å². The molecule has 0 aliphatic carbocycles. The third-order valence-electron chi connectivity index (χ3n) is 3.06. The molecule has 0 amide bonds. The predicted octanol–water partition coefficient (Wildman–Crippen LogP) is 2.33. The number of nitrogens with two attached hydrogens (primary N) is 1. The van der Waals surface area contributed by atoms with Crippen molar-refractivity contribution in [2.45, 2.75) is 12.5 Å². The molecule has 3 nitrogen and oxygen atoms in total. The summed E-state index contributed by atoms with van der Waals surface area (Å²) in [5.41, 5.74) is 7.43. The van der Waals surface area contributed by atoms with E-state index in [1.165, 1.54) is 5.56 Å². The number of rotatable bonds is 7. The van der Waals surface area contributed by atoms with Crippen LogP contribution < -0.4 is 5.73 Å². The van der Waals surface area contributed by atoms with Gasteiger partial charge >= 0.3 is 0 Å². The summed E-state index contributed by atoms with van der Waals surface area (Å²) in [4.78, 5) is 4.53. The zero-order valence-corrected chi connectivity index (χ0v) is 13.2. The number of likely N-dealkylation sites (N-methyl/N-ethyl adjacent to an activating group) is 2. The molecule has 0 radical (unpaired) electrons. The quantitative estimate of drug-likeness (QED) is 0.838.